The van der Waals surface area contributed by atoms with Crippen LogP contribution in [0.25, 0.3) is 0 Å². The number of benzene rings is 1. The molecule has 1 aliphatic heterocycles. The van der Waals surface area contributed by atoms with Crippen molar-refractivity contribution in [3.05, 3.63) is 39.9 Å². The maximum absolute atomic E-state index is 12.4. The monoisotopic (exact) mass is 400 g/mol. The largest absolute Gasteiger partial charge is 0.508 e. The van der Waals surface area contributed by atoms with Crippen molar-refractivity contribution < 1.29 is 19.8 Å². The average molecular weight is 401 g/mol. The fourth-order valence-electron chi connectivity index (χ4n) is 2.72. The van der Waals surface area contributed by atoms with Gasteiger partial charge in [0.05, 0.1) is 10.0 Å². The number of nitrogens with zero attached hydrogens (tertiary/aromatic N) is 2. The summed E-state index contributed by atoms with van der Waals surface area (Å²) in [6, 6.07) is 2.94. The first kappa shape index (κ1) is 20.6. The van der Waals surface area contributed by atoms with Gasteiger partial charge in [-0.05, 0) is 30.5 Å². The number of phenols is 1. The fraction of sp³-hybridized carbons (Fsp3) is 0.444. The lowest BCUT2D eigenvalue weighted by molar-refractivity contribution is -0.137. The lowest BCUT2D eigenvalue weighted by atomic mass is 10.1. The molecule has 0 aliphatic carbocycles. The molecule has 0 atom stereocenters. The van der Waals surface area contributed by atoms with Gasteiger partial charge in [-0.3, -0.25) is 9.59 Å². The van der Waals surface area contributed by atoms with Gasteiger partial charge in [-0.25, -0.2) is 0 Å². The third-order valence-corrected chi connectivity index (χ3v) is 4.95. The quantitative estimate of drug-likeness (QED) is 0.717. The molecule has 2 amide bonds. The first-order chi connectivity index (χ1) is 12.4. The molecule has 1 aromatic carbocycles. The maximum atomic E-state index is 12.4. The smallest absolute Gasteiger partial charge is 0.246 e. The molecular formula is C18H22Cl2N2O4. The third-order valence-electron chi connectivity index (χ3n) is 4.23. The molecule has 2 N–H and O–H groups in total. The molecule has 1 aliphatic rings. The van der Waals surface area contributed by atoms with Crippen LogP contribution in [0.4, 0.5) is 0 Å². The highest BCUT2D eigenvalue weighted by Gasteiger charge is 2.23. The van der Waals surface area contributed by atoms with E-state index in [2.05, 4.69) is 0 Å². The Morgan fingerprint density at radius 1 is 1.08 bits per heavy atom. The number of amides is 2. The molecule has 8 heteroatoms. The number of carbonyl (C=O) groups excluding carboxylic acids is 2. The zero-order valence-corrected chi connectivity index (χ0v) is 15.8. The van der Waals surface area contributed by atoms with Gasteiger partial charge in [0, 0.05) is 45.3 Å². The van der Waals surface area contributed by atoms with Crippen molar-refractivity contribution in [2.45, 2.75) is 19.3 Å². The molecule has 26 heavy (non-hydrogen) atoms. The lowest BCUT2D eigenvalue weighted by Crippen LogP contribution is -2.50. The Morgan fingerprint density at radius 3 is 2.35 bits per heavy atom. The minimum Gasteiger partial charge on any atom is -0.508 e. The van der Waals surface area contributed by atoms with Gasteiger partial charge in [-0.2, -0.15) is 0 Å². The Labute approximate surface area is 162 Å². The van der Waals surface area contributed by atoms with Gasteiger partial charge >= 0.3 is 0 Å². The second-order valence-electron chi connectivity index (χ2n) is 6.02. The number of aromatic hydroxyl groups is 1. The Bertz CT molecular complexity index is 686. The molecule has 1 saturated heterocycles. The number of hydrogen-bond donors (Lipinski definition) is 2. The Balaban J connectivity index is 1.81. The van der Waals surface area contributed by atoms with Gasteiger partial charge < -0.3 is 20.0 Å². The van der Waals surface area contributed by atoms with E-state index >= 15 is 0 Å². The first-order valence-electron chi connectivity index (χ1n) is 8.43. The molecule has 1 fully saturated rings. The minimum absolute atomic E-state index is 0.0143. The van der Waals surface area contributed by atoms with Crippen LogP contribution in [0.3, 0.4) is 0 Å². The fourth-order valence-corrected chi connectivity index (χ4v) is 3.06. The zero-order chi connectivity index (χ0) is 19.1. The molecule has 0 radical (unpaired) electrons. The summed E-state index contributed by atoms with van der Waals surface area (Å²) in [5.41, 5.74) is 0.579. The highest BCUT2D eigenvalue weighted by Crippen LogP contribution is 2.30. The van der Waals surface area contributed by atoms with Crippen molar-refractivity contribution in [2.75, 3.05) is 32.8 Å². The number of aliphatic hydroxyl groups excluding tert-OH is 1. The summed E-state index contributed by atoms with van der Waals surface area (Å²) in [6.45, 7) is 1.93. The number of hydrogen-bond acceptors (Lipinski definition) is 4. The van der Waals surface area contributed by atoms with Crippen LogP contribution in [-0.4, -0.2) is 64.6 Å². The number of carbonyl (C=O) groups is 2. The summed E-state index contributed by atoms with van der Waals surface area (Å²) in [5.74, 6) is -0.109. The standard InChI is InChI=1S/C18H22Cl2N2O4/c19-14-11-13(16(24)12-15(14)20)4-5-18(26)22-8-6-21(7-9-22)17(25)3-1-2-10-23/h1,3,11-12,23-24H,2,4-10H2/b3-1+. The topological polar surface area (TPSA) is 81.1 Å². The molecule has 0 bridgehead atoms. The summed E-state index contributed by atoms with van der Waals surface area (Å²) < 4.78 is 0. The second-order valence-corrected chi connectivity index (χ2v) is 6.83. The maximum Gasteiger partial charge on any atom is 0.246 e. The van der Waals surface area contributed by atoms with Crippen molar-refractivity contribution >= 4 is 35.0 Å². The van der Waals surface area contributed by atoms with Crippen molar-refractivity contribution in [1.82, 2.24) is 9.80 Å². The molecule has 0 aromatic heterocycles. The summed E-state index contributed by atoms with van der Waals surface area (Å²) in [7, 11) is 0. The molecule has 2 rings (SSSR count). The summed E-state index contributed by atoms with van der Waals surface area (Å²) >= 11 is 11.8. The number of rotatable bonds is 6. The van der Waals surface area contributed by atoms with E-state index in [1.54, 1.807) is 21.9 Å². The van der Waals surface area contributed by atoms with E-state index in [0.717, 1.165) is 0 Å². The minimum atomic E-state index is -0.105. The number of piperazine rings is 1. The van der Waals surface area contributed by atoms with Crippen LogP contribution in [-0.2, 0) is 16.0 Å². The number of aryl methyl sites for hydroxylation is 1. The molecule has 0 spiro atoms. The van der Waals surface area contributed by atoms with Crippen LogP contribution in [0, 0.1) is 0 Å². The van der Waals surface area contributed by atoms with Gasteiger partial charge in [0.2, 0.25) is 11.8 Å². The Hall–Kier alpha value is -1.76. The van der Waals surface area contributed by atoms with E-state index in [1.165, 1.54) is 12.1 Å². The number of phenolic OH excluding ortho intramolecular Hbond substituents is 1. The van der Waals surface area contributed by atoms with Gasteiger partial charge in [0.15, 0.2) is 0 Å². The van der Waals surface area contributed by atoms with Crippen molar-refractivity contribution in [1.29, 1.82) is 0 Å². The molecular weight excluding hydrogens is 379 g/mol. The highest BCUT2D eigenvalue weighted by molar-refractivity contribution is 6.42. The molecule has 1 aromatic rings. The highest BCUT2D eigenvalue weighted by atomic mass is 35.5. The normalized spacial score (nSPS) is 14.9. The van der Waals surface area contributed by atoms with Crippen LogP contribution >= 0.6 is 23.2 Å². The predicted octanol–water partition coefficient (Wildman–Crippen LogP) is 2.24. The third kappa shape index (κ3) is 5.62. The van der Waals surface area contributed by atoms with E-state index in [0.29, 0.717) is 49.6 Å². The van der Waals surface area contributed by atoms with Crippen LogP contribution in [0.15, 0.2) is 24.3 Å². The van der Waals surface area contributed by atoms with Gasteiger partial charge in [-0.15, -0.1) is 0 Å². The van der Waals surface area contributed by atoms with Gasteiger partial charge in [0.25, 0.3) is 0 Å². The Morgan fingerprint density at radius 2 is 1.69 bits per heavy atom. The first-order valence-corrected chi connectivity index (χ1v) is 9.19. The zero-order valence-electron chi connectivity index (χ0n) is 14.3. The van der Waals surface area contributed by atoms with E-state index in [-0.39, 0.29) is 35.6 Å². The predicted molar refractivity (Wildman–Crippen MR) is 100 cm³/mol. The van der Waals surface area contributed by atoms with Crippen molar-refractivity contribution in [2.24, 2.45) is 0 Å². The van der Waals surface area contributed by atoms with Crippen molar-refractivity contribution in [3.63, 3.8) is 0 Å². The number of aliphatic hydroxyl groups is 1. The molecule has 6 nitrogen and oxygen atoms in total. The molecule has 0 saturated carbocycles. The van der Waals surface area contributed by atoms with Crippen LogP contribution in [0.2, 0.25) is 10.0 Å². The number of halogens is 2. The van der Waals surface area contributed by atoms with E-state index in [9.17, 15) is 14.7 Å². The van der Waals surface area contributed by atoms with Gasteiger partial charge in [0.1, 0.15) is 5.75 Å². The van der Waals surface area contributed by atoms with Gasteiger partial charge in [-0.1, -0.05) is 29.3 Å². The van der Waals surface area contributed by atoms with Crippen LogP contribution in [0.5, 0.6) is 5.75 Å². The van der Waals surface area contributed by atoms with Crippen LogP contribution < -0.4 is 0 Å². The molecule has 142 valence electrons. The molecule has 1 heterocycles. The average Bonchev–Trinajstić information content (AvgIpc) is 2.63. The lowest BCUT2D eigenvalue weighted by Gasteiger charge is -2.34. The SMILES string of the molecule is O=C(/C=C/CCO)N1CCN(C(=O)CCc2cc(Cl)c(Cl)cc2O)CC1. The van der Waals surface area contributed by atoms with E-state index in [4.69, 9.17) is 28.3 Å². The summed E-state index contributed by atoms with van der Waals surface area (Å²) in [5, 5.41) is 19.2. The van der Waals surface area contributed by atoms with E-state index in [1.807, 2.05) is 0 Å². The Kier molecular flexibility index (Phi) is 7.75. The van der Waals surface area contributed by atoms with Crippen LogP contribution in [0.1, 0.15) is 18.4 Å². The second kappa shape index (κ2) is 9.80. The summed E-state index contributed by atoms with van der Waals surface area (Å²) in [4.78, 5) is 27.7. The van der Waals surface area contributed by atoms with E-state index < -0.39 is 0 Å². The van der Waals surface area contributed by atoms with Crippen molar-refractivity contribution in [3.8, 4) is 5.75 Å². The molecule has 0 unspecified atom stereocenters. The summed E-state index contributed by atoms with van der Waals surface area (Å²) in [6.07, 6.45) is 4.16.